The number of nitrogens with one attached hydrogen (secondary N) is 1. The van der Waals surface area contributed by atoms with Crippen molar-refractivity contribution < 1.29 is 9.53 Å². The monoisotopic (exact) mass is 352 g/mol. The van der Waals surface area contributed by atoms with E-state index in [1.165, 1.54) is 9.47 Å². The molecule has 0 aromatic carbocycles. The lowest BCUT2D eigenvalue weighted by Crippen LogP contribution is -2.43. The summed E-state index contributed by atoms with van der Waals surface area (Å²) in [5.41, 5.74) is 5.04. The minimum Gasteiger partial charge on any atom is -0.385 e. The van der Waals surface area contributed by atoms with Crippen molar-refractivity contribution in [2.45, 2.75) is 40.2 Å². The number of carbonyl (C=O) groups is 1. The smallest absolute Gasteiger partial charge is 0.330 e. The van der Waals surface area contributed by atoms with Crippen LogP contribution in [-0.2, 0) is 16.1 Å². The maximum absolute atomic E-state index is 12.8. The highest BCUT2D eigenvalue weighted by Crippen LogP contribution is 2.40. The maximum atomic E-state index is 12.8. The summed E-state index contributed by atoms with van der Waals surface area (Å²) in [5, 5.41) is 0. The molecule has 1 aliphatic rings. The Kier molecular flexibility index (Phi) is 6.05. The van der Waals surface area contributed by atoms with E-state index in [0.29, 0.717) is 32.0 Å². The molecule has 25 heavy (non-hydrogen) atoms. The number of aromatic nitrogens is 2. The van der Waals surface area contributed by atoms with Crippen molar-refractivity contribution in [3.05, 3.63) is 20.8 Å². The van der Waals surface area contributed by atoms with Crippen molar-refractivity contribution in [3.63, 3.8) is 0 Å². The third kappa shape index (κ3) is 4.31. The lowest BCUT2D eigenvalue weighted by atomic mass is 10.2. The third-order valence-corrected chi connectivity index (χ3v) is 4.45. The molecule has 2 atom stereocenters. The number of methoxy groups -OCH3 is 1. The fraction of sp³-hybridized carbons (Fsp3) is 0.706. The molecule has 0 spiro atoms. The summed E-state index contributed by atoms with van der Waals surface area (Å²) in [7, 11) is 1.58. The van der Waals surface area contributed by atoms with E-state index in [0.717, 1.165) is 6.42 Å². The first-order valence-electron chi connectivity index (χ1n) is 8.70. The van der Waals surface area contributed by atoms with E-state index in [1.54, 1.807) is 7.11 Å². The molecule has 1 fully saturated rings. The molecule has 0 aliphatic heterocycles. The number of hydrogen-bond donors (Lipinski definition) is 2. The summed E-state index contributed by atoms with van der Waals surface area (Å²) >= 11 is 0. The van der Waals surface area contributed by atoms with Crippen molar-refractivity contribution in [2.75, 3.05) is 30.9 Å². The van der Waals surface area contributed by atoms with Gasteiger partial charge in [-0.15, -0.1) is 0 Å². The normalized spacial score (nSPS) is 19.2. The van der Waals surface area contributed by atoms with Crippen LogP contribution < -0.4 is 21.9 Å². The minimum absolute atomic E-state index is 0.0431. The first-order chi connectivity index (χ1) is 11.8. The minimum atomic E-state index is -0.624. The number of carbonyl (C=O) groups excluding carboxylic acids is 1. The van der Waals surface area contributed by atoms with Gasteiger partial charge in [-0.1, -0.05) is 20.8 Å². The molecule has 8 nitrogen and oxygen atoms in total. The summed E-state index contributed by atoms with van der Waals surface area (Å²) in [5.74, 6) is 0.308. The Bertz CT molecular complexity index is 737. The number of rotatable bonds is 8. The lowest BCUT2D eigenvalue weighted by Gasteiger charge is -2.25. The molecule has 1 amide bonds. The average molecular weight is 352 g/mol. The maximum Gasteiger partial charge on any atom is 0.330 e. The number of ether oxygens (including phenoxy) is 1. The Labute approximate surface area is 147 Å². The molecule has 8 heteroatoms. The number of hydrogen-bond acceptors (Lipinski definition) is 5. The number of aromatic amines is 1. The van der Waals surface area contributed by atoms with Crippen LogP contribution >= 0.6 is 0 Å². The molecule has 3 N–H and O–H groups in total. The van der Waals surface area contributed by atoms with Crippen LogP contribution in [-0.4, -0.2) is 35.7 Å². The number of nitrogens with zero attached hydrogens (tertiary/aromatic N) is 2. The van der Waals surface area contributed by atoms with Gasteiger partial charge in [-0.3, -0.25) is 19.1 Å². The summed E-state index contributed by atoms with van der Waals surface area (Å²) < 4.78 is 6.38. The van der Waals surface area contributed by atoms with Crippen molar-refractivity contribution in [3.8, 4) is 0 Å². The van der Waals surface area contributed by atoms with E-state index in [2.05, 4.69) is 4.98 Å². The SMILES string of the molecule is COCCCN(C(=O)[C@@H]1C[C@H]1C)c1c(N)n(CC(C)C)c(=O)[nH]c1=O. The van der Waals surface area contributed by atoms with Crippen molar-refractivity contribution in [1.82, 2.24) is 9.55 Å². The summed E-state index contributed by atoms with van der Waals surface area (Å²) in [6.45, 7) is 7.06. The molecule has 1 aromatic heterocycles. The van der Waals surface area contributed by atoms with Gasteiger partial charge in [0.25, 0.3) is 5.56 Å². The van der Waals surface area contributed by atoms with E-state index < -0.39 is 11.2 Å². The number of amides is 1. The second-order valence-electron chi connectivity index (χ2n) is 7.15. The van der Waals surface area contributed by atoms with Crippen LogP contribution in [0.15, 0.2) is 9.59 Å². The molecule has 0 bridgehead atoms. The van der Waals surface area contributed by atoms with E-state index in [1.807, 2.05) is 20.8 Å². The topological polar surface area (TPSA) is 110 Å². The first-order valence-corrected chi connectivity index (χ1v) is 8.70. The van der Waals surface area contributed by atoms with E-state index in [9.17, 15) is 14.4 Å². The number of nitrogens with two attached hydrogens (primary N) is 1. The summed E-state index contributed by atoms with van der Waals surface area (Å²) in [6, 6.07) is 0. The van der Waals surface area contributed by atoms with Gasteiger partial charge in [0.1, 0.15) is 5.82 Å². The standard InChI is InChI=1S/C17H28N4O4/c1-10(2)9-21-14(18)13(15(22)19-17(21)24)20(6-5-7-25-4)16(23)12-8-11(12)3/h10-12H,5-9,18H2,1-4H3,(H,19,22,24)/t11-,12-/m1/s1. The van der Waals surface area contributed by atoms with Crippen LogP contribution in [0.1, 0.15) is 33.6 Å². The molecule has 1 aromatic rings. The molecular weight excluding hydrogens is 324 g/mol. The van der Waals surface area contributed by atoms with Crippen molar-refractivity contribution >= 4 is 17.4 Å². The Balaban J connectivity index is 2.46. The second kappa shape index (κ2) is 7.86. The van der Waals surface area contributed by atoms with Crippen LogP contribution in [0.4, 0.5) is 11.5 Å². The quantitative estimate of drug-likeness (QED) is 0.672. The fourth-order valence-electron chi connectivity index (χ4n) is 2.95. The van der Waals surface area contributed by atoms with Gasteiger partial charge in [-0.2, -0.15) is 0 Å². The van der Waals surface area contributed by atoms with E-state index >= 15 is 0 Å². The predicted octanol–water partition coefficient (Wildman–Crippen LogP) is 0.800. The molecule has 0 radical (unpaired) electrons. The Morgan fingerprint density at radius 2 is 2.08 bits per heavy atom. The molecule has 0 saturated heterocycles. The van der Waals surface area contributed by atoms with Crippen LogP contribution in [0, 0.1) is 17.8 Å². The average Bonchev–Trinajstić information content (AvgIpc) is 3.26. The van der Waals surface area contributed by atoms with Crippen LogP contribution in [0.25, 0.3) is 0 Å². The predicted molar refractivity (Wildman–Crippen MR) is 96.7 cm³/mol. The summed E-state index contributed by atoms with van der Waals surface area (Å²) in [4.78, 5) is 41.1. The zero-order chi connectivity index (χ0) is 18.7. The van der Waals surface area contributed by atoms with Crippen molar-refractivity contribution in [2.24, 2.45) is 17.8 Å². The highest BCUT2D eigenvalue weighted by atomic mass is 16.5. The van der Waals surface area contributed by atoms with Crippen LogP contribution in [0.2, 0.25) is 0 Å². The van der Waals surface area contributed by atoms with Crippen molar-refractivity contribution in [1.29, 1.82) is 0 Å². The second-order valence-corrected chi connectivity index (χ2v) is 7.15. The van der Waals surface area contributed by atoms with E-state index in [4.69, 9.17) is 10.5 Å². The van der Waals surface area contributed by atoms with Gasteiger partial charge in [0.2, 0.25) is 5.91 Å². The number of anilines is 2. The van der Waals surface area contributed by atoms with E-state index in [-0.39, 0.29) is 29.2 Å². The molecule has 1 aliphatic carbocycles. The van der Waals surface area contributed by atoms with Gasteiger partial charge < -0.3 is 15.4 Å². The molecular formula is C17H28N4O4. The molecule has 1 heterocycles. The van der Waals surface area contributed by atoms with Crippen LogP contribution in [0.3, 0.4) is 0 Å². The van der Waals surface area contributed by atoms with Gasteiger partial charge in [0.15, 0.2) is 5.69 Å². The van der Waals surface area contributed by atoms with Gasteiger partial charge in [-0.25, -0.2) is 4.79 Å². The summed E-state index contributed by atoms with van der Waals surface area (Å²) in [6.07, 6.45) is 1.38. The fourth-order valence-corrected chi connectivity index (χ4v) is 2.95. The van der Waals surface area contributed by atoms with Crippen LogP contribution in [0.5, 0.6) is 0 Å². The van der Waals surface area contributed by atoms with Gasteiger partial charge in [0.05, 0.1) is 0 Å². The lowest BCUT2D eigenvalue weighted by molar-refractivity contribution is -0.120. The van der Waals surface area contributed by atoms with Gasteiger partial charge >= 0.3 is 5.69 Å². The Morgan fingerprint density at radius 3 is 2.60 bits per heavy atom. The highest BCUT2D eigenvalue weighted by Gasteiger charge is 2.42. The first kappa shape index (κ1) is 19.2. The van der Waals surface area contributed by atoms with Gasteiger partial charge in [0, 0.05) is 32.7 Å². The highest BCUT2D eigenvalue weighted by molar-refractivity contribution is 5.98. The Hall–Kier alpha value is -2.09. The Morgan fingerprint density at radius 1 is 1.44 bits per heavy atom. The number of nitrogen functional groups attached to an aromatic ring is 1. The molecule has 140 valence electrons. The largest absolute Gasteiger partial charge is 0.385 e. The number of H-pyrrole nitrogens is 1. The van der Waals surface area contributed by atoms with Gasteiger partial charge in [-0.05, 0) is 24.7 Å². The zero-order valence-corrected chi connectivity index (χ0v) is 15.4. The molecule has 2 rings (SSSR count). The third-order valence-electron chi connectivity index (χ3n) is 4.45. The molecule has 0 unspecified atom stereocenters. The zero-order valence-electron chi connectivity index (χ0n) is 15.4. The molecule has 1 saturated carbocycles.